The predicted octanol–water partition coefficient (Wildman–Crippen LogP) is 8.43. The van der Waals surface area contributed by atoms with Crippen LogP contribution in [0, 0.1) is 12.1 Å². The van der Waals surface area contributed by atoms with Gasteiger partial charge in [0, 0.05) is 16.7 Å². The van der Waals surface area contributed by atoms with Gasteiger partial charge in [-0.3, -0.25) is 14.9 Å². The van der Waals surface area contributed by atoms with Crippen molar-refractivity contribution in [2.75, 3.05) is 4.90 Å². The van der Waals surface area contributed by atoms with Crippen molar-refractivity contribution in [1.82, 2.24) is 19.5 Å². The molecule has 6 nitrogen and oxygen atoms in total. The summed E-state index contributed by atoms with van der Waals surface area (Å²) in [6.45, 7) is 0. The molecule has 8 rings (SSSR count). The maximum absolute atomic E-state index is 6.04. The Balaban J connectivity index is 0.00000288. The first-order valence-electron chi connectivity index (χ1n) is 13.3. The van der Waals surface area contributed by atoms with Crippen LogP contribution < -0.4 is 4.90 Å². The fourth-order valence-electron chi connectivity index (χ4n) is 5.14. The van der Waals surface area contributed by atoms with Gasteiger partial charge in [-0.25, -0.2) is 4.98 Å². The van der Waals surface area contributed by atoms with Gasteiger partial charge in [-0.1, -0.05) is 54.6 Å². The van der Waals surface area contributed by atoms with Crippen LogP contribution in [0.15, 0.2) is 132 Å². The molecule has 0 unspecified atom stereocenters. The summed E-state index contributed by atoms with van der Waals surface area (Å²) >= 11 is 0. The number of hydrogen-bond acceptors (Lipinski definition) is 5. The number of hydrogen-bond donors (Lipinski definition) is 0. The van der Waals surface area contributed by atoms with Crippen molar-refractivity contribution in [3.05, 3.63) is 140 Å². The summed E-state index contributed by atoms with van der Waals surface area (Å²) in [4.78, 5) is 17.0. The van der Waals surface area contributed by atoms with Crippen LogP contribution in [0.5, 0.6) is 0 Å². The Morgan fingerprint density at radius 2 is 1.36 bits per heavy atom. The predicted molar refractivity (Wildman–Crippen MR) is 161 cm³/mol. The number of benzene rings is 4. The van der Waals surface area contributed by atoms with Crippen molar-refractivity contribution in [1.29, 1.82) is 0 Å². The van der Waals surface area contributed by atoms with Crippen LogP contribution in [0.2, 0.25) is 0 Å². The summed E-state index contributed by atoms with van der Waals surface area (Å²) in [7, 11) is 0. The number of rotatable bonds is 5. The first-order chi connectivity index (χ1) is 20.3. The van der Waals surface area contributed by atoms with E-state index in [2.05, 4.69) is 29.2 Å². The van der Waals surface area contributed by atoms with Crippen molar-refractivity contribution in [2.24, 2.45) is 0 Å². The zero-order valence-electron chi connectivity index (χ0n) is 22.1. The van der Waals surface area contributed by atoms with Gasteiger partial charge >= 0.3 is 21.1 Å². The molecule has 0 aliphatic rings. The van der Waals surface area contributed by atoms with Crippen molar-refractivity contribution < 1.29 is 25.6 Å². The van der Waals surface area contributed by atoms with Crippen LogP contribution in [0.1, 0.15) is 0 Å². The molecule has 0 aliphatic carbocycles. The number of anilines is 3. The molecule has 4 heterocycles. The van der Waals surface area contributed by atoms with E-state index in [4.69, 9.17) is 19.5 Å². The Morgan fingerprint density at radius 1 is 0.643 bits per heavy atom. The maximum Gasteiger partial charge on any atom is 2.00 e. The molecule has 4 aromatic heterocycles. The first kappa shape index (κ1) is 25.9. The minimum Gasteiger partial charge on any atom is -0.381 e. The zero-order chi connectivity index (χ0) is 27.2. The Morgan fingerprint density at radius 3 is 2.12 bits per heavy atom. The van der Waals surface area contributed by atoms with Crippen molar-refractivity contribution in [3.63, 3.8) is 0 Å². The van der Waals surface area contributed by atoms with Crippen LogP contribution in [-0.2, 0) is 21.1 Å². The van der Waals surface area contributed by atoms with E-state index in [1.54, 1.807) is 4.57 Å². The quantitative estimate of drug-likeness (QED) is 0.167. The van der Waals surface area contributed by atoms with Crippen molar-refractivity contribution in [3.8, 4) is 22.5 Å². The molecule has 202 valence electrons. The van der Waals surface area contributed by atoms with Gasteiger partial charge in [0.15, 0.2) is 11.2 Å². The third-order valence-electron chi connectivity index (χ3n) is 7.07. The Kier molecular flexibility index (Phi) is 6.61. The third-order valence-corrected chi connectivity index (χ3v) is 7.07. The fraction of sp³-hybridized carbons (Fsp3) is 0. The molecule has 0 N–H and O–H groups in total. The van der Waals surface area contributed by atoms with Gasteiger partial charge in [-0.15, -0.1) is 59.7 Å². The number of para-hydroxylation sites is 2. The smallest absolute Gasteiger partial charge is 0.381 e. The normalized spacial score (nSPS) is 11.1. The van der Waals surface area contributed by atoms with E-state index in [1.165, 1.54) is 0 Å². The van der Waals surface area contributed by atoms with E-state index in [0.717, 1.165) is 67.5 Å². The van der Waals surface area contributed by atoms with Gasteiger partial charge in [-0.05, 0) is 47.8 Å². The number of fused-ring (bicyclic) bond motifs is 5. The summed E-state index contributed by atoms with van der Waals surface area (Å²) in [5, 5.41) is 0.978. The van der Waals surface area contributed by atoms with E-state index in [0.29, 0.717) is 0 Å². The third kappa shape index (κ3) is 4.46. The molecule has 0 spiro atoms. The second-order valence-corrected chi connectivity index (χ2v) is 9.64. The topological polar surface area (TPSA) is 59.5 Å². The molecule has 0 fully saturated rings. The van der Waals surface area contributed by atoms with Gasteiger partial charge in [0.05, 0.1) is 5.39 Å². The molecule has 8 aromatic rings. The molecule has 7 heteroatoms. The fourth-order valence-corrected chi connectivity index (χ4v) is 5.14. The Bertz CT molecular complexity index is 2170. The van der Waals surface area contributed by atoms with Gasteiger partial charge in [0.2, 0.25) is 0 Å². The van der Waals surface area contributed by atoms with Gasteiger partial charge in [0.1, 0.15) is 11.6 Å². The average molecular weight is 723 g/mol. The second kappa shape index (κ2) is 10.7. The molecule has 4 aromatic carbocycles. The largest absolute Gasteiger partial charge is 2.00 e. The van der Waals surface area contributed by atoms with Gasteiger partial charge in [0.25, 0.3) is 0 Å². The maximum atomic E-state index is 6.04. The molecule has 0 atom stereocenters. The van der Waals surface area contributed by atoms with E-state index < -0.39 is 0 Å². The number of nitrogens with zero attached hydrogens (tertiary/aromatic N) is 5. The monoisotopic (exact) mass is 722 g/mol. The van der Waals surface area contributed by atoms with Crippen LogP contribution in [-0.4, -0.2) is 19.5 Å². The van der Waals surface area contributed by atoms with Gasteiger partial charge in [-0.2, -0.15) is 4.57 Å². The Labute approximate surface area is 256 Å². The van der Waals surface area contributed by atoms with Crippen molar-refractivity contribution >= 4 is 45.0 Å². The zero-order valence-corrected chi connectivity index (χ0v) is 24.4. The van der Waals surface area contributed by atoms with Crippen molar-refractivity contribution in [2.45, 2.75) is 0 Å². The minimum atomic E-state index is 0. The molecule has 0 saturated carbocycles. The SMILES string of the molecule is [Pt+2].[c-]1ccccc1-c1cccc(N(c2ccccc2)c2cccc(-c3[c-]cc4c(c3)nc3c5ccccc5on43)n2)n1. The van der Waals surface area contributed by atoms with Crippen LogP contribution >= 0.6 is 0 Å². The minimum absolute atomic E-state index is 0. The molecular weight excluding hydrogens is 701 g/mol. The summed E-state index contributed by atoms with van der Waals surface area (Å²) in [6, 6.07) is 48.5. The summed E-state index contributed by atoms with van der Waals surface area (Å²) in [5.41, 5.74) is 7.65. The molecule has 0 aliphatic heterocycles. The van der Waals surface area contributed by atoms with Crippen LogP contribution in [0.25, 0.3) is 50.2 Å². The molecule has 0 bridgehead atoms. The first-order valence-corrected chi connectivity index (χ1v) is 13.3. The number of imidazole rings is 1. The number of pyridine rings is 2. The van der Waals surface area contributed by atoms with E-state index in [-0.39, 0.29) is 21.1 Å². The molecule has 0 saturated heterocycles. The second-order valence-electron chi connectivity index (χ2n) is 9.64. The summed E-state index contributed by atoms with van der Waals surface area (Å²) in [6.07, 6.45) is 0. The van der Waals surface area contributed by atoms with Gasteiger partial charge < -0.3 is 4.52 Å². The van der Waals surface area contributed by atoms with E-state index >= 15 is 0 Å². The molecular formula is C35H21N5OPt. The van der Waals surface area contributed by atoms with Crippen LogP contribution in [0.4, 0.5) is 17.3 Å². The molecule has 42 heavy (non-hydrogen) atoms. The molecule has 0 radical (unpaired) electrons. The Hall–Kier alpha value is -5.06. The van der Waals surface area contributed by atoms with Crippen LogP contribution in [0.3, 0.4) is 0 Å². The molecule has 0 amide bonds. The van der Waals surface area contributed by atoms with E-state index in [1.807, 2.05) is 115 Å². The van der Waals surface area contributed by atoms with E-state index in [9.17, 15) is 0 Å². The summed E-state index contributed by atoms with van der Waals surface area (Å²) in [5.74, 6) is 1.50. The summed E-state index contributed by atoms with van der Waals surface area (Å²) < 4.78 is 7.81. The number of aromatic nitrogens is 4. The average Bonchev–Trinajstić information content (AvgIpc) is 3.58. The standard InChI is InChI=1S/C35H21N5O.Pt/c1-3-11-24(12-4-1)28-16-9-19-33(36-28)39(26-13-5-2-6-14-26)34-20-10-17-29(37-34)25-21-22-31-30(23-25)38-35-27-15-7-8-18-32(27)41-40(31)35;/h1-11,13-20,22-23H;/q-2;+2.